The van der Waals surface area contributed by atoms with Crippen LogP contribution in [-0.4, -0.2) is 11.8 Å². The van der Waals surface area contributed by atoms with Gasteiger partial charge in [-0.05, 0) is 12.1 Å². The molecule has 0 bridgehead atoms. The second kappa shape index (κ2) is 5.29. The van der Waals surface area contributed by atoms with Gasteiger partial charge in [0.1, 0.15) is 0 Å². The third-order valence-corrected chi connectivity index (χ3v) is 2.14. The highest BCUT2D eigenvalue weighted by atomic mass is 16.2. The molecule has 1 aromatic carbocycles. The average Bonchev–Trinajstić information content (AvgIpc) is 2.56. The van der Waals surface area contributed by atoms with Crippen molar-refractivity contribution in [2.45, 2.75) is 26.7 Å². The summed E-state index contributed by atoms with van der Waals surface area (Å²) in [6.45, 7) is 4.36. The monoisotopic (exact) mass is 205 g/mol. The Labute approximate surface area is 89.5 Å². The molecule has 3 nitrogen and oxygen atoms in total. The summed E-state index contributed by atoms with van der Waals surface area (Å²) in [5.41, 5.74) is 0.940. The predicted octanol–water partition coefficient (Wildman–Crippen LogP) is 2.38. The Morgan fingerprint density at radius 1 is 0.933 bits per heavy atom. The number of nitrogens with one attached hydrogen (secondary N) is 1. The molecule has 3 heteroatoms. The highest BCUT2D eigenvalue weighted by molar-refractivity contribution is 6.21. The fourth-order valence-corrected chi connectivity index (χ4v) is 1.12. The summed E-state index contributed by atoms with van der Waals surface area (Å²) in [4.78, 5) is 21.9. The quantitative estimate of drug-likeness (QED) is 0.715. The number of hydrogen-bond donors (Lipinski definition) is 1. The zero-order chi connectivity index (χ0) is 11.3. The van der Waals surface area contributed by atoms with E-state index in [1.807, 2.05) is 0 Å². The van der Waals surface area contributed by atoms with E-state index in [9.17, 15) is 9.59 Å². The lowest BCUT2D eigenvalue weighted by Gasteiger charge is -1.88. The minimum atomic E-state index is -0.300. The average molecular weight is 205 g/mol. The number of unbranched alkanes of at least 4 members (excludes halogenated alkanes) is 1. The summed E-state index contributed by atoms with van der Waals surface area (Å²) in [5.74, 6) is -0.601. The maximum atomic E-state index is 10.9. The van der Waals surface area contributed by atoms with Crippen LogP contribution < -0.4 is 5.32 Å². The Hall–Kier alpha value is -1.64. The number of imide groups is 1. The van der Waals surface area contributed by atoms with E-state index in [2.05, 4.69) is 19.2 Å². The number of benzene rings is 1. The van der Waals surface area contributed by atoms with Gasteiger partial charge in [-0.25, -0.2) is 0 Å². The Morgan fingerprint density at radius 3 is 1.67 bits per heavy atom. The number of fused-ring (bicyclic) bond motifs is 1. The van der Waals surface area contributed by atoms with Crippen molar-refractivity contribution >= 4 is 11.8 Å². The van der Waals surface area contributed by atoms with Crippen LogP contribution in [0.1, 0.15) is 47.4 Å². The smallest absolute Gasteiger partial charge is 0.258 e. The third kappa shape index (κ3) is 2.65. The van der Waals surface area contributed by atoms with Gasteiger partial charge < -0.3 is 0 Å². The first-order chi connectivity index (χ1) is 7.20. The van der Waals surface area contributed by atoms with E-state index < -0.39 is 0 Å². The van der Waals surface area contributed by atoms with Crippen molar-refractivity contribution in [3.63, 3.8) is 0 Å². The lowest BCUT2D eigenvalue weighted by atomic mass is 10.1. The molecule has 0 saturated carbocycles. The van der Waals surface area contributed by atoms with Crippen LogP contribution in [0.3, 0.4) is 0 Å². The van der Waals surface area contributed by atoms with E-state index >= 15 is 0 Å². The number of carbonyl (C=O) groups is 2. The topological polar surface area (TPSA) is 46.2 Å². The van der Waals surface area contributed by atoms with Crippen LogP contribution in [0.4, 0.5) is 0 Å². The molecule has 0 fully saturated rings. The van der Waals surface area contributed by atoms with Gasteiger partial charge in [-0.3, -0.25) is 14.9 Å². The normalized spacial score (nSPS) is 12.7. The van der Waals surface area contributed by atoms with Crippen molar-refractivity contribution in [2.75, 3.05) is 0 Å². The molecule has 1 N–H and O–H groups in total. The van der Waals surface area contributed by atoms with Crippen molar-refractivity contribution < 1.29 is 9.59 Å². The number of rotatable bonds is 1. The molecule has 2 amide bonds. The Balaban J connectivity index is 0.000000245. The van der Waals surface area contributed by atoms with E-state index in [0.717, 1.165) is 0 Å². The van der Waals surface area contributed by atoms with Crippen LogP contribution in [0.15, 0.2) is 24.3 Å². The molecule has 0 aliphatic carbocycles. The maximum Gasteiger partial charge on any atom is 0.258 e. The third-order valence-electron chi connectivity index (χ3n) is 2.14. The molecular weight excluding hydrogens is 190 g/mol. The molecule has 1 heterocycles. The first-order valence-electron chi connectivity index (χ1n) is 5.15. The van der Waals surface area contributed by atoms with E-state index in [0.29, 0.717) is 11.1 Å². The molecule has 0 aromatic heterocycles. The van der Waals surface area contributed by atoms with Crippen LogP contribution in [0.2, 0.25) is 0 Å². The first kappa shape index (κ1) is 11.4. The van der Waals surface area contributed by atoms with Crippen LogP contribution >= 0.6 is 0 Å². The molecule has 15 heavy (non-hydrogen) atoms. The number of hydrogen-bond acceptors (Lipinski definition) is 2. The largest absolute Gasteiger partial charge is 0.288 e. The molecule has 0 spiro atoms. The van der Waals surface area contributed by atoms with E-state index in [-0.39, 0.29) is 11.8 Å². The van der Waals surface area contributed by atoms with Gasteiger partial charge in [-0.15, -0.1) is 0 Å². The van der Waals surface area contributed by atoms with Gasteiger partial charge >= 0.3 is 0 Å². The van der Waals surface area contributed by atoms with Crippen molar-refractivity contribution in [3.8, 4) is 0 Å². The van der Waals surface area contributed by atoms with Gasteiger partial charge in [0, 0.05) is 0 Å². The van der Waals surface area contributed by atoms with Gasteiger partial charge in [-0.2, -0.15) is 0 Å². The van der Waals surface area contributed by atoms with Gasteiger partial charge in [0.05, 0.1) is 11.1 Å². The second-order valence-corrected chi connectivity index (χ2v) is 3.33. The van der Waals surface area contributed by atoms with Crippen molar-refractivity contribution in [1.82, 2.24) is 5.32 Å². The summed E-state index contributed by atoms with van der Waals surface area (Å²) < 4.78 is 0. The predicted molar refractivity (Wildman–Crippen MR) is 58.8 cm³/mol. The Bertz CT molecular complexity index is 337. The lowest BCUT2D eigenvalue weighted by molar-refractivity contribution is 0.0879. The van der Waals surface area contributed by atoms with Crippen LogP contribution in [0, 0.1) is 0 Å². The first-order valence-corrected chi connectivity index (χ1v) is 5.15. The molecule has 2 rings (SSSR count). The highest BCUT2D eigenvalue weighted by Gasteiger charge is 2.25. The molecular formula is C12H15NO2. The van der Waals surface area contributed by atoms with Gasteiger partial charge in [0.15, 0.2) is 0 Å². The minimum Gasteiger partial charge on any atom is -0.288 e. The summed E-state index contributed by atoms with van der Waals surface area (Å²) in [6.07, 6.45) is 2.64. The van der Waals surface area contributed by atoms with Gasteiger partial charge in [0.2, 0.25) is 0 Å². The summed E-state index contributed by atoms with van der Waals surface area (Å²) in [7, 11) is 0. The molecule has 1 aliphatic rings. The highest BCUT2D eigenvalue weighted by Crippen LogP contribution is 2.13. The number of amides is 2. The molecule has 0 atom stereocenters. The van der Waals surface area contributed by atoms with E-state index in [1.165, 1.54) is 12.8 Å². The maximum absolute atomic E-state index is 10.9. The zero-order valence-electron chi connectivity index (χ0n) is 9.04. The summed E-state index contributed by atoms with van der Waals surface area (Å²) in [5, 5.41) is 2.20. The molecule has 0 radical (unpaired) electrons. The fourth-order valence-electron chi connectivity index (χ4n) is 1.12. The zero-order valence-corrected chi connectivity index (χ0v) is 9.04. The SMILES string of the molecule is CCCC.O=C1NC(=O)c2ccccc21. The number of carbonyl (C=O) groups excluding carboxylic acids is 2. The van der Waals surface area contributed by atoms with Crippen molar-refractivity contribution in [2.24, 2.45) is 0 Å². The molecule has 1 aliphatic heterocycles. The molecule has 0 unspecified atom stereocenters. The second-order valence-electron chi connectivity index (χ2n) is 3.33. The van der Waals surface area contributed by atoms with Crippen LogP contribution in [0.5, 0.6) is 0 Å². The summed E-state index contributed by atoms with van der Waals surface area (Å²) >= 11 is 0. The van der Waals surface area contributed by atoms with Gasteiger partial charge in [0.25, 0.3) is 11.8 Å². The summed E-state index contributed by atoms with van der Waals surface area (Å²) in [6, 6.07) is 6.74. The van der Waals surface area contributed by atoms with E-state index in [1.54, 1.807) is 24.3 Å². The molecule has 0 saturated heterocycles. The van der Waals surface area contributed by atoms with Crippen LogP contribution in [-0.2, 0) is 0 Å². The van der Waals surface area contributed by atoms with Crippen molar-refractivity contribution in [3.05, 3.63) is 35.4 Å². The molecule has 1 aromatic rings. The van der Waals surface area contributed by atoms with Crippen molar-refractivity contribution in [1.29, 1.82) is 0 Å². The van der Waals surface area contributed by atoms with Gasteiger partial charge in [-0.1, -0.05) is 38.8 Å². The lowest BCUT2D eigenvalue weighted by Crippen LogP contribution is -2.19. The fraction of sp³-hybridized carbons (Fsp3) is 0.333. The minimum absolute atomic E-state index is 0.300. The molecule has 80 valence electrons. The Morgan fingerprint density at radius 2 is 1.33 bits per heavy atom. The van der Waals surface area contributed by atoms with Crippen LogP contribution in [0.25, 0.3) is 0 Å². The Kier molecular flexibility index (Phi) is 4.03. The standard InChI is InChI=1S/C8H5NO2.C4H10/c10-7-5-3-1-2-4-6(5)8(11)9-7;1-3-4-2/h1-4H,(H,9,10,11);3-4H2,1-2H3. The van der Waals surface area contributed by atoms with E-state index in [4.69, 9.17) is 0 Å².